The summed E-state index contributed by atoms with van der Waals surface area (Å²) in [7, 11) is 0. The van der Waals surface area contributed by atoms with Gasteiger partial charge in [0.2, 0.25) is 0 Å². The van der Waals surface area contributed by atoms with Crippen LogP contribution in [0.4, 0.5) is 0 Å². The number of benzene rings is 4. The molecule has 0 bridgehead atoms. The Morgan fingerprint density at radius 2 is 0.862 bits per heavy atom. The van der Waals surface area contributed by atoms with Gasteiger partial charge >= 0.3 is 346 Å². The molecular weight excluding hydrogens is 839 g/mol. The van der Waals surface area contributed by atoms with E-state index in [1.54, 1.807) is 33.4 Å². The number of halogens is 2. The Balaban J connectivity index is 0.00000283. The van der Waals surface area contributed by atoms with Gasteiger partial charge in [-0.3, -0.25) is 0 Å². The molecule has 0 aromatic heterocycles. The van der Waals surface area contributed by atoms with E-state index in [2.05, 4.69) is 127 Å². The Kier molecular flexibility index (Phi) is 15.6. The summed E-state index contributed by atoms with van der Waals surface area (Å²) < 4.78 is 6.97. The summed E-state index contributed by atoms with van der Waals surface area (Å²) in [4.78, 5) is 0. The van der Waals surface area contributed by atoms with E-state index in [9.17, 15) is 0 Å². The summed E-state index contributed by atoms with van der Waals surface area (Å²) in [6.45, 7) is 7.17. The first-order valence-corrected chi connectivity index (χ1v) is 36.8. The van der Waals surface area contributed by atoms with Gasteiger partial charge in [-0.2, -0.15) is 0 Å². The third-order valence-electron chi connectivity index (χ3n) is 14.8. The molecule has 2 saturated carbocycles. The van der Waals surface area contributed by atoms with Crippen LogP contribution in [-0.4, -0.2) is 6.88 Å². The van der Waals surface area contributed by atoms with Gasteiger partial charge in [0, 0.05) is 0 Å². The largest absolute Gasteiger partial charge is 0.147 e. The predicted molar refractivity (Wildman–Crippen MR) is 260 cm³/mol. The molecule has 4 aromatic carbocycles. The Hall–Kier alpha value is -1.96. The fourth-order valence-electron chi connectivity index (χ4n) is 12.3. The van der Waals surface area contributed by atoms with Crippen molar-refractivity contribution < 1.29 is 17.4 Å². The number of aryl methyl sites for hydroxylation is 2. The van der Waals surface area contributed by atoms with Crippen LogP contribution in [0, 0.1) is 11.8 Å². The van der Waals surface area contributed by atoms with Gasteiger partial charge in [-0.1, -0.05) is 0 Å². The van der Waals surface area contributed by atoms with Crippen LogP contribution in [0.5, 0.6) is 0 Å². The van der Waals surface area contributed by atoms with Crippen LogP contribution < -0.4 is 0 Å². The standard InChI is InChI=1S/2C26H31.2CH3.2ClH.H2Si.Zr/c2*1-2-8-20-13-15-23(16-14-20)25-12-7-11-24-18-22(19-26(24)25)17-21-9-5-3-4-6-10-21;;;;;;/h2*7,11-16,18-19,21H,2-6,8-10,17H2,1H3;2*1H3;2*1H;1H2;. The molecule has 0 nitrogen and oxygen atoms in total. The molecule has 310 valence electrons. The van der Waals surface area contributed by atoms with Crippen molar-refractivity contribution in [1.29, 1.82) is 0 Å². The van der Waals surface area contributed by atoms with Crippen molar-refractivity contribution in [3.63, 3.8) is 0 Å². The molecule has 0 spiro atoms. The SMILES string of the molecule is CCCc1ccc(-c2cccc3c2C=C(CC2CCCCCC2)[CH]3[Zr]([CH3])([CH3])(=[SiH2])[CH]2C(CC3CCCCCC3)=Cc3c(-c4ccc(CCC)cc4)cccc32)cc1.Cl.Cl. The molecular formula is C54H72Cl2SiZr. The monoisotopic (exact) mass is 908 g/mol. The molecule has 0 heterocycles. The van der Waals surface area contributed by atoms with E-state index in [1.807, 2.05) is 0 Å². The molecule has 8 rings (SSSR count). The van der Waals surface area contributed by atoms with Crippen LogP contribution in [0.15, 0.2) is 96.1 Å². The van der Waals surface area contributed by atoms with E-state index in [1.165, 1.54) is 136 Å². The second-order valence-corrected chi connectivity index (χ2v) is 50.3. The average molecular weight is 911 g/mol. The number of rotatable bonds is 12. The fourth-order valence-corrected chi connectivity index (χ4v) is 32.0. The molecule has 0 radical (unpaired) electrons. The van der Waals surface area contributed by atoms with Gasteiger partial charge in [0.05, 0.1) is 0 Å². The minimum absolute atomic E-state index is 0. The third kappa shape index (κ3) is 9.57. The zero-order valence-electron chi connectivity index (χ0n) is 36.3. The van der Waals surface area contributed by atoms with Crippen molar-refractivity contribution >= 4 is 43.8 Å². The fraction of sp³-hybridized carbons (Fsp3) is 0.481. The maximum absolute atomic E-state index is 3.86. The maximum atomic E-state index is 2.92. The number of fused-ring (bicyclic) bond motifs is 2. The molecule has 4 aromatic rings. The zero-order valence-corrected chi connectivity index (χ0v) is 41.8. The molecule has 58 heavy (non-hydrogen) atoms. The number of hydrogen-bond acceptors (Lipinski definition) is 0. The Labute approximate surface area is 367 Å². The second kappa shape index (κ2) is 19.8. The summed E-state index contributed by atoms with van der Waals surface area (Å²) in [5.74, 6) is 1.65. The first-order valence-electron chi connectivity index (χ1n) is 23.1. The molecule has 4 aliphatic rings. The van der Waals surface area contributed by atoms with Crippen LogP contribution in [0.3, 0.4) is 0 Å². The van der Waals surface area contributed by atoms with E-state index >= 15 is 0 Å². The first kappa shape index (κ1) is 45.6. The van der Waals surface area contributed by atoms with E-state index in [0.717, 1.165) is 24.7 Å². The normalized spacial score (nSPS) is 20.2. The van der Waals surface area contributed by atoms with Crippen LogP contribution in [0.2, 0.25) is 9.26 Å². The molecule has 2 unspecified atom stereocenters. The van der Waals surface area contributed by atoms with E-state index < -0.39 is 17.4 Å². The molecule has 2 atom stereocenters. The van der Waals surface area contributed by atoms with Gasteiger partial charge in [-0.05, 0) is 0 Å². The van der Waals surface area contributed by atoms with E-state index in [0.29, 0.717) is 7.25 Å². The molecule has 0 saturated heterocycles. The maximum Gasteiger partial charge on any atom is -0.147 e. The molecule has 0 aliphatic heterocycles. The topological polar surface area (TPSA) is 0 Å². The molecule has 4 heteroatoms. The molecule has 0 N–H and O–H groups in total. The van der Waals surface area contributed by atoms with Crippen LogP contribution >= 0.6 is 24.8 Å². The third-order valence-corrected chi connectivity index (χ3v) is 32.3. The molecule has 0 amide bonds. The quantitative estimate of drug-likeness (QED) is 0.0981. The molecule has 2 fully saturated rings. The first-order chi connectivity index (χ1) is 27.2. The van der Waals surface area contributed by atoms with Crippen LogP contribution in [-0.2, 0) is 30.2 Å². The van der Waals surface area contributed by atoms with Crippen molar-refractivity contribution in [3.05, 3.63) is 129 Å². The van der Waals surface area contributed by atoms with Crippen molar-refractivity contribution in [1.82, 2.24) is 0 Å². The molecule has 4 aliphatic carbocycles. The average Bonchev–Trinajstić information content (AvgIpc) is 3.51. The van der Waals surface area contributed by atoms with Gasteiger partial charge in [0.1, 0.15) is 0 Å². The van der Waals surface area contributed by atoms with Crippen molar-refractivity contribution in [2.24, 2.45) is 11.8 Å². The van der Waals surface area contributed by atoms with Gasteiger partial charge in [-0.15, -0.1) is 24.8 Å². The Morgan fingerprint density at radius 1 is 0.500 bits per heavy atom. The summed E-state index contributed by atoms with van der Waals surface area (Å²) >= 11 is -3.86. The summed E-state index contributed by atoms with van der Waals surface area (Å²) in [5.41, 5.74) is 18.6. The van der Waals surface area contributed by atoms with E-state index in [4.69, 9.17) is 0 Å². The summed E-state index contributed by atoms with van der Waals surface area (Å²) in [6.07, 6.45) is 29.9. The van der Waals surface area contributed by atoms with E-state index in [-0.39, 0.29) is 24.8 Å². The van der Waals surface area contributed by atoms with Crippen LogP contribution in [0.25, 0.3) is 34.4 Å². The number of allylic oxidation sites excluding steroid dienone is 2. The predicted octanol–water partition coefficient (Wildman–Crippen LogP) is 16.4. The van der Waals surface area contributed by atoms with Gasteiger partial charge in [-0.25, -0.2) is 0 Å². The minimum atomic E-state index is -3.86. The van der Waals surface area contributed by atoms with Crippen molar-refractivity contribution in [2.45, 2.75) is 146 Å². The van der Waals surface area contributed by atoms with Gasteiger partial charge in [0.15, 0.2) is 0 Å². The number of hydrogen-bond donors (Lipinski definition) is 0. The van der Waals surface area contributed by atoms with Crippen LogP contribution in [0.1, 0.15) is 157 Å². The smallest absolute Gasteiger partial charge is 0.147 e. The summed E-state index contributed by atoms with van der Waals surface area (Å²) in [6, 6.07) is 34.1. The summed E-state index contributed by atoms with van der Waals surface area (Å²) in [5, 5.41) is 0. The zero-order chi connectivity index (χ0) is 38.7. The van der Waals surface area contributed by atoms with Crippen molar-refractivity contribution in [3.8, 4) is 22.3 Å². The Morgan fingerprint density at radius 3 is 1.21 bits per heavy atom. The van der Waals surface area contributed by atoms with Gasteiger partial charge < -0.3 is 0 Å². The second-order valence-electron chi connectivity index (χ2n) is 19.9. The van der Waals surface area contributed by atoms with Crippen molar-refractivity contribution in [2.75, 3.05) is 0 Å². The Bertz CT molecular complexity index is 1970. The van der Waals surface area contributed by atoms with Gasteiger partial charge in [0.25, 0.3) is 0 Å². The minimum Gasteiger partial charge on any atom is -0.147 e.